The molecule has 130 valence electrons. The first-order valence-electron chi connectivity index (χ1n) is 7.40. The average molecular weight is 339 g/mol. The van der Waals surface area contributed by atoms with E-state index in [4.69, 9.17) is 5.73 Å². The molecule has 1 aromatic heterocycles. The summed E-state index contributed by atoms with van der Waals surface area (Å²) >= 11 is 0. The third-order valence-electron chi connectivity index (χ3n) is 3.30. The van der Waals surface area contributed by atoms with Crippen molar-refractivity contribution in [1.82, 2.24) is 20.3 Å². The summed E-state index contributed by atoms with van der Waals surface area (Å²) in [6.45, 7) is 1.12. The zero-order valence-electron chi connectivity index (χ0n) is 13.4. The minimum Gasteiger partial charge on any atom is -0.435 e. The predicted molar refractivity (Wildman–Crippen MR) is 83.3 cm³/mol. The van der Waals surface area contributed by atoms with Crippen molar-refractivity contribution in [1.29, 1.82) is 0 Å². The number of nitrogens with two attached hydrogens (primary N) is 1. The minimum absolute atomic E-state index is 0.00366. The van der Waals surface area contributed by atoms with Gasteiger partial charge in [-0.3, -0.25) is 4.79 Å². The molecule has 1 atom stereocenters. The number of hydrogen-bond donors (Lipinski definition) is 2. The molecule has 7 nitrogen and oxygen atoms in total. The predicted octanol–water partition coefficient (Wildman–Crippen LogP) is 1.64. The second-order valence-corrected chi connectivity index (χ2v) is 5.33. The van der Waals surface area contributed by atoms with Crippen LogP contribution in [0.15, 0.2) is 24.3 Å². The topological polar surface area (TPSA) is 95.1 Å². The molecule has 1 unspecified atom stereocenters. The van der Waals surface area contributed by atoms with E-state index in [0.717, 1.165) is 0 Å². The number of halogens is 2. The number of nitrogens with zero attached hydrogens (tertiary/aromatic N) is 3. The van der Waals surface area contributed by atoms with Crippen LogP contribution in [0.1, 0.15) is 29.5 Å². The van der Waals surface area contributed by atoms with Gasteiger partial charge in [0.25, 0.3) is 5.91 Å². The highest BCUT2D eigenvalue weighted by molar-refractivity contribution is 5.93. The van der Waals surface area contributed by atoms with Crippen LogP contribution in [-0.4, -0.2) is 40.1 Å². The number of rotatable bonds is 7. The van der Waals surface area contributed by atoms with Crippen molar-refractivity contribution in [2.24, 2.45) is 5.73 Å². The fourth-order valence-electron chi connectivity index (χ4n) is 2.05. The molecule has 24 heavy (non-hydrogen) atoms. The van der Waals surface area contributed by atoms with Gasteiger partial charge in [0, 0.05) is 12.6 Å². The molecule has 1 amide bonds. The van der Waals surface area contributed by atoms with Crippen LogP contribution in [0.3, 0.4) is 0 Å². The standard InChI is InChI=1S/C15H19F2N5O2/c1-9(18)7-8-19-14(23)13-10(2)22(21-20-13)11-3-5-12(6-4-11)24-15(16)17/h3-6,9,15H,7-8,18H2,1-2H3,(H,19,23). The summed E-state index contributed by atoms with van der Waals surface area (Å²) < 4.78 is 30.0. The molecule has 0 aliphatic rings. The molecule has 0 radical (unpaired) electrons. The van der Waals surface area contributed by atoms with Crippen molar-refractivity contribution in [3.8, 4) is 11.4 Å². The Balaban J connectivity index is 2.10. The number of alkyl halides is 2. The highest BCUT2D eigenvalue weighted by Gasteiger charge is 2.17. The first-order valence-corrected chi connectivity index (χ1v) is 7.40. The van der Waals surface area contributed by atoms with E-state index in [1.807, 2.05) is 6.92 Å². The van der Waals surface area contributed by atoms with Crippen molar-refractivity contribution < 1.29 is 18.3 Å². The van der Waals surface area contributed by atoms with Crippen LogP contribution in [0, 0.1) is 6.92 Å². The lowest BCUT2D eigenvalue weighted by molar-refractivity contribution is -0.0498. The molecule has 9 heteroatoms. The Hall–Kier alpha value is -2.55. The number of ether oxygens (including phenoxy) is 1. The second-order valence-electron chi connectivity index (χ2n) is 5.33. The maximum absolute atomic E-state index is 12.1. The Labute approximate surface area is 137 Å². The fourth-order valence-corrected chi connectivity index (χ4v) is 2.05. The molecule has 3 N–H and O–H groups in total. The normalized spacial score (nSPS) is 12.2. The molecule has 2 aromatic rings. The number of nitrogens with one attached hydrogen (secondary N) is 1. The van der Waals surface area contributed by atoms with Crippen molar-refractivity contribution >= 4 is 5.91 Å². The summed E-state index contributed by atoms with van der Waals surface area (Å²) in [5.41, 5.74) is 6.95. The second kappa shape index (κ2) is 7.82. The number of carbonyl (C=O) groups excluding carboxylic acids is 1. The largest absolute Gasteiger partial charge is 0.435 e. The zero-order valence-corrected chi connectivity index (χ0v) is 13.4. The summed E-state index contributed by atoms with van der Waals surface area (Å²) in [5, 5.41) is 10.5. The van der Waals surface area contributed by atoms with E-state index in [-0.39, 0.29) is 23.4 Å². The molecule has 0 saturated heterocycles. The Morgan fingerprint density at radius 3 is 2.62 bits per heavy atom. The Kier molecular flexibility index (Phi) is 5.80. The van der Waals surface area contributed by atoms with Gasteiger partial charge in [0.1, 0.15) is 5.75 Å². The Morgan fingerprint density at radius 2 is 2.04 bits per heavy atom. The maximum Gasteiger partial charge on any atom is 0.387 e. The maximum atomic E-state index is 12.1. The summed E-state index contributed by atoms with van der Waals surface area (Å²) in [7, 11) is 0. The molecule has 2 rings (SSSR count). The van der Waals surface area contributed by atoms with Crippen LogP contribution >= 0.6 is 0 Å². The van der Waals surface area contributed by atoms with Crippen LogP contribution in [0.25, 0.3) is 5.69 Å². The molecular formula is C15H19F2N5O2. The monoisotopic (exact) mass is 339 g/mol. The number of hydrogen-bond acceptors (Lipinski definition) is 5. The smallest absolute Gasteiger partial charge is 0.387 e. The highest BCUT2D eigenvalue weighted by Crippen LogP contribution is 2.18. The van der Waals surface area contributed by atoms with E-state index in [9.17, 15) is 13.6 Å². The van der Waals surface area contributed by atoms with Gasteiger partial charge >= 0.3 is 6.61 Å². The van der Waals surface area contributed by atoms with E-state index >= 15 is 0 Å². The summed E-state index contributed by atoms with van der Waals surface area (Å²) in [6.07, 6.45) is 0.657. The van der Waals surface area contributed by atoms with Crippen molar-refractivity contribution in [2.45, 2.75) is 32.9 Å². The number of benzene rings is 1. The third-order valence-corrected chi connectivity index (χ3v) is 3.30. The molecule has 0 saturated carbocycles. The van der Waals surface area contributed by atoms with E-state index in [0.29, 0.717) is 24.3 Å². The lowest BCUT2D eigenvalue weighted by Crippen LogP contribution is -2.29. The van der Waals surface area contributed by atoms with Crippen LogP contribution in [-0.2, 0) is 0 Å². The first kappa shape index (κ1) is 17.8. The number of aromatic nitrogens is 3. The van der Waals surface area contributed by atoms with E-state index in [1.54, 1.807) is 19.1 Å². The fraction of sp³-hybridized carbons (Fsp3) is 0.400. The molecule has 0 bridgehead atoms. The summed E-state index contributed by atoms with van der Waals surface area (Å²) in [4.78, 5) is 12.1. The Morgan fingerprint density at radius 1 is 1.38 bits per heavy atom. The van der Waals surface area contributed by atoms with Gasteiger partial charge in [-0.05, 0) is 44.5 Å². The average Bonchev–Trinajstić information content (AvgIpc) is 2.89. The third kappa shape index (κ3) is 4.48. The lowest BCUT2D eigenvalue weighted by atomic mass is 10.2. The molecule has 0 aliphatic heterocycles. The number of amides is 1. The van der Waals surface area contributed by atoms with E-state index in [2.05, 4.69) is 20.4 Å². The van der Waals surface area contributed by atoms with Gasteiger partial charge in [-0.25, -0.2) is 4.68 Å². The SMILES string of the molecule is Cc1c(C(=O)NCCC(C)N)nnn1-c1ccc(OC(F)F)cc1. The van der Waals surface area contributed by atoms with Crippen molar-refractivity contribution in [2.75, 3.05) is 6.54 Å². The molecular weight excluding hydrogens is 320 g/mol. The lowest BCUT2D eigenvalue weighted by Gasteiger charge is -2.08. The van der Waals surface area contributed by atoms with Gasteiger partial charge < -0.3 is 15.8 Å². The molecule has 0 fully saturated rings. The van der Waals surface area contributed by atoms with Gasteiger partial charge in [0.15, 0.2) is 5.69 Å². The quantitative estimate of drug-likeness (QED) is 0.800. The number of carbonyl (C=O) groups is 1. The van der Waals surface area contributed by atoms with Gasteiger partial charge in [-0.2, -0.15) is 8.78 Å². The summed E-state index contributed by atoms with van der Waals surface area (Å²) in [6, 6.07) is 5.89. The van der Waals surface area contributed by atoms with Crippen LogP contribution in [0.2, 0.25) is 0 Å². The first-order chi connectivity index (χ1) is 11.4. The highest BCUT2D eigenvalue weighted by atomic mass is 19.3. The van der Waals surface area contributed by atoms with E-state index in [1.165, 1.54) is 16.8 Å². The zero-order chi connectivity index (χ0) is 17.7. The molecule has 1 heterocycles. The van der Waals surface area contributed by atoms with Gasteiger partial charge in [0.2, 0.25) is 0 Å². The van der Waals surface area contributed by atoms with Gasteiger partial charge in [-0.1, -0.05) is 5.21 Å². The molecule has 1 aromatic carbocycles. The van der Waals surface area contributed by atoms with Crippen LogP contribution in [0.5, 0.6) is 5.75 Å². The van der Waals surface area contributed by atoms with Gasteiger partial charge in [0.05, 0.1) is 11.4 Å². The van der Waals surface area contributed by atoms with Gasteiger partial charge in [-0.15, -0.1) is 5.10 Å². The molecule has 0 spiro atoms. The minimum atomic E-state index is -2.88. The van der Waals surface area contributed by atoms with Crippen LogP contribution in [0.4, 0.5) is 8.78 Å². The Bertz CT molecular complexity index is 686. The van der Waals surface area contributed by atoms with Crippen molar-refractivity contribution in [3.63, 3.8) is 0 Å². The molecule has 0 aliphatic carbocycles. The van der Waals surface area contributed by atoms with Crippen LogP contribution < -0.4 is 15.8 Å². The van der Waals surface area contributed by atoms with Crippen molar-refractivity contribution in [3.05, 3.63) is 35.7 Å². The van der Waals surface area contributed by atoms with E-state index < -0.39 is 6.61 Å². The summed E-state index contributed by atoms with van der Waals surface area (Å²) in [5.74, 6) is -0.294.